The second kappa shape index (κ2) is 8.17. The van der Waals surface area contributed by atoms with Gasteiger partial charge in [-0.25, -0.2) is 0 Å². The average Bonchev–Trinajstić information content (AvgIpc) is 2.94. The van der Waals surface area contributed by atoms with E-state index in [2.05, 4.69) is 27.4 Å². The van der Waals surface area contributed by atoms with Crippen molar-refractivity contribution in [2.75, 3.05) is 22.9 Å². The molecule has 0 fully saturated rings. The lowest BCUT2D eigenvalue weighted by molar-refractivity contribution is -0.113. The van der Waals surface area contributed by atoms with Gasteiger partial charge < -0.3 is 10.6 Å². The largest absolute Gasteiger partial charge is 0.357 e. The zero-order valence-corrected chi connectivity index (χ0v) is 14.3. The number of carbonyl (C=O) groups excluding carboxylic acids is 1. The van der Waals surface area contributed by atoms with Gasteiger partial charge in [0.2, 0.25) is 11.0 Å². The molecule has 5 nitrogen and oxygen atoms in total. The number of halogens is 1. The van der Waals surface area contributed by atoms with Crippen molar-refractivity contribution >= 4 is 51.4 Å². The van der Waals surface area contributed by atoms with Crippen LogP contribution in [0.1, 0.15) is 5.56 Å². The van der Waals surface area contributed by atoms with Crippen LogP contribution >= 0.6 is 34.7 Å². The summed E-state index contributed by atoms with van der Waals surface area (Å²) in [6, 6.07) is 5.51. The van der Waals surface area contributed by atoms with Gasteiger partial charge in [0.15, 0.2) is 4.34 Å². The molecule has 2 aromatic rings. The molecule has 0 atom stereocenters. The molecule has 8 heteroatoms. The van der Waals surface area contributed by atoms with Crippen LogP contribution in [0.4, 0.5) is 10.8 Å². The molecule has 1 aromatic carbocycles. The van der Waals surface area contributed by atoms with Crippen LogP contribution in [-0.2, 0) is 4.79 Å². The van der Waals surface area contributed by atoms with Gasteiger partial charge in [-0.05, 0) is 24.6 Å². The van der Waals surface area contributed by atoms with Gasteiger partial charge in [-0.15, -0.1) is 16.8 Å². The van der Waals surface area contributed by atoms with E-state index in [0.717, 1.165) is 9.90 Å². The van der Waals surface area contributed by atoms with Gasteiger partial charge in [0.1, 0.15) is 0 Å². The highest BCUT2D eigenvalue weighted by molar-refractivity contribution is 8.01. The fraction of sp³-hybridized carbons (Fsp3) is 0.214. The average molecular weight is 355 g/mol. The minimum absolute atomic E-state index is 0.133. The third-order valence-electron chi connectivity index (χ3n) is 2.53. The maximum absolute atomic E-state index is 11.9. The Morgan fingerprint density at radius 2 is 2.32 bits per heavy atom. The van der Waals surface area contributed by atoms with E-state index in [-0.39, 0.29) is 11.7 Å². The summed E-state index contributed by atoms with van der Waals surface area (Å²) in [6.07, 6.45) is 1.74. The van der Waals surface area contributed by atoms with Crippen molar-refractivity contribution < 1.29 is 4.79 Å². The molecule has 2 rings (SSSR count). The van der Waals surface area contributed by atoms with Gasteiger partial charge in [0, 0.05) is 6.54 Å². The lowest BCUT2D eigenvalue weighted by Gasteiger charge is -2.07. The number of aryl methyl sites for hydroxylation is 1. The summed E-state index contributed by atoms with van der Waals surface area (Å²) in [6.45, 7) is 6.20. The number of aromatic nitrogens is 2. The SMILES string of the molecule is C=CCNc1nnc(SCC(=O)Nc2ccc(C)cc2Cl)s1. The van der Waals surface area contributed by atoms with E-state index >= 15 is 0 Å². The highest BCUT2D eigenvalue weighted by Crippen LogP contribution is 2.26. The molecule has 1 amide bonds. The van der Waals surface area contributed by atoms with Crippen molar-refractivity contribution in [2.45, 2.75) is 11.3 Å². The number of carbonyl (C=O) groups is 1. The summed E-state index contributed by atoms with van der Waals surface area (Å²) in [5, 5.41) is 15.1. The molecule has 0 spiro atoms. The Hall–Kier alpha value is -1.57. The number of thioether (sulfide) groups is 1. The van der Waals surface area contributed by atoms with E-state index in [9.17, 15) is 4.79 Å². The number of amides is 1. The molecule has 0 saturated carbocycles. The van der Waals surface area contributed by atoms with E-state index in [1.54, 1.807) is 12.1 Å². The Kier molecular flexibility index (Phi) is 6.23. The zero-order chi connectivity index (χ0) is 15.9. The normalized spacial score (nSPS) is 10.3. The number of hydrogen-bond acceptors (Lipinski definition) is 6. The van der Waals surface area contributed by atoms with Gasteiger partial charge >= 0.3 is 0 Å². The monoisotopic (exact) mass is 354 g/mol. The lowest BCUT2D eigenvalue weighted by atomic mass is 10.2. The van der Waals surface area contributed by atoms with Crippen molar-refractivity contribution in [1.29, 1.82) is 0 Å². The van der Waals surface area contributed by atoms with Crippen LogP contribution in [0, 0.1) is 6.92 Å². The summed E-state index contributed by atoms with van der Waals surface area (Å²) >= 11 is 8.82. The summed E-state index contributed by atoms with van der Waals surface area (Å²) in [5.41, 5.74) is 1.66. The van der Waals surface area contributed by atoms with E-state index in [4.69, 9.17) is 11.6 Å². The number of rotatable bonds is 7. The highest BCUT2D eigenvalue weighted by atomic mass is 35.5. The van der Waals surface area contributed by atoms with Gasteiger partial charge in [-0.1, -0.05) is 46.8 Å². The number of nitrogens with one attached hydrogen (secondary N) is 2. The van der Waals surface area contributed by atoms with Crippen molar-refractivity contribution in [3.8, 4) is 0 Å². The van der Waals surface area contributed by atoms with Crippen LogP contribution in [-0.4, -0.2) is 28.4 Å². The Bertz CT molecular complexity index is 675. The molecule has 0 unspecified atom stereocenters. The standard InChI is InChI=1S/C14H15ClN4OS2/c1-3-6-16-13-18-19-14(22-13)21-8-12(20)17-11-5-4-9(2)7-10(11)15/h3-5,7H,1,6,8H2,2H3,(H,16,18)(H,17,20). The minimum atomic E-state index is -0.133. The van der Waals surface area contributed by atoms with Crippen molar-refractivity contribution in [3.05, 3.63) is 41.4 Å². The fourth-order valence-electron chi connectivity index (χ4n) is 1.53. The predicted molar refractivity (Wildman–Crippen MR) is 94.1 cm³/mol. The van der Waals surface area contributed by atoms with Gasteiger partial charge in [0.25, 0.3) is 0 Å². The molecule has 22 heavy (non-hydrogen) atoms. The predicted octanol–water partition coefficient (Wildman–Crippen LogP) is 3.83. The maximum Gasteiger partial charge on any atom is 0.234 e. The van der Waals surface area contributed by atoms with Crippen LogP contribution < -0.4 is 10.6 Å². The fourth-order valence-corrected chi connectivity index (χ4v) is 3.38. The van der Waals surface area contributed by atoms with Crippen molar-refractivity contribution in [1.82, 2.24) is 10.2 Å². The number of benzene rings is 1. The number of anilines is 2. The molecule has 0 aliphatic rings. The van der Waals surface area contributed by atoms with Crippen LogP contribution in [0.3, 0.4) is 0 Å². The molecule has 116 valence electrons. The lowest BCUT2D eigenvalue weighted by Crippen LogP contribution is -2.14. The molecular formula is C14H15ClN4OS2. The van der Waals surface area contributed by atoms with Crippen LogP contribution in [0.15, 0.2) is 35.2 Å². The summed E-state index contributed by atoms with van der Waals surface area (Å²) < 4.78 is 0.733. The third kappa shape index (κ3) is 5.01. The highest BCUT2D eigenvalue weighted by Gasteiger charge is 2.09. The second-order valence-electron chi connectivity index (χ2n) is 4.36. The Morgan fingerprint density at radius 1 is 1.50 bits per heavy atom. The minimum Gasteiger partial charge on any atom is -0.357 e. The molecule has 0 radical (unpaired) electrons. The summed E-state index contributed by atoms with van der Waals surface area (Å²) in [7, 11) is 0. The van der Waals surface area contributed by atoms with Crippen molar-refractivity contribution in [2.24, 2.45) is 0 Å². The van der Waals surface area contributed by atoms with E-state index in [1.165, 1.54) is 23.1 Å². The van der Waals surface area contributed by atoms with E-state index in [0.29, 0.717) is 22.4 Å². The van der Waals surface area contributed by atoms with Gasteiger partial charge in [-0.2, -0.15) is 0 Å². The topological polar surface area (TPSA) is 66.9 Å². The first-order valence-corrected chi connectivity index (χ1v) is 8.63. The van der Waals surface area contributed by atoms with Crippen LogP contribution in [0.2, 0.25) is 5.02 Å². The van der Waals surface area contributed by atoms with Crippen LogP contribution in [0.25, 0.3) is 0 Å². The van der Waals surface area contributed by atoms with E-state index < -0.39 is 0 Å². The molecule has 0 bridgehead atoms. The smallest absolute Gasteiger partial charge is 0.234 e. The Morgan fingerprint density at radius 3 is 3.05 bits per heavy atom. The second-order valence-corrected chi connectivity index (χ2v) is 6.97. The third-order valence-corrected chi connectivity index (χ3v) is 4.86. The zero-order valence-electron chi connectivity index (χ0n) is 11.9. The molecule has 0 saturated heterocycles. The molecule has 1 aromatic heterocycles. The Labute approximate surface area is 142 Å². The maximum atomic E-state index is 11.9. The summed E-state index contributed by atoms with van der Waals surface area (Å²) in [4.78, 5) is 11.9. The van der Waals surface area contributed by atoms with Crippen LogP contribution in [0.5, 0.6) is 0 Å². The molecule has 2 N–H and O–H groups in total. The molecule has 0 aliphatic carbocycles. The number of nitrogens with zero attached hydrogens (tertiary/aromatic N) is 2. The molecular weight excluding hydrogens is 340 g/mol. The first kappa shape index (κ1) is 16.8. The quantitative estimate of drug-likeness (QED) is 0.584. The number of hydrogen-bond donors (Lipinski definition) is 2. The van der Waals surface area contributed by atoms with Gasteiger partial charge in [-0.3, -0.25) is 4.79 Å². The van der Waals surface area contributed by atoms with E-state index in [1.807, 2.05) is 19.1 Å². The first-order chi connectivity index (χ1) is 10.6. The first-order valence-electron chi connectivity index (χ1n) is 6.45. The van der Waals surface area contributed by atoms with Gasteiger partial charge in [0.05, 0.1) is 16.5 Å². The molecule has 1 heterocycles. The Balaban J connectivity index is 1.84. The summed E-state index contributed by atoms with van der Waals surface area (Å²) in [5.74, 6) is 0.117. The molecule has 0 aliphatic heterocycles. The van der Waals surface area contributed by atoms with Crippen molar-refractivity contribution in [3.63, 3.8) is 0 Å².